The molecule has 0 N–H and O–H groups in total. The molecule has 3 unspecified atom stereocenters. The molecule has 6 nitrogen and oxygen atoms in total. The van der Waals surface area contributed by atoms with Crippen LogP contribution in [0.3, 0.4) is 0 Å². The molecule has 1 saturated carbocycles. The average Bonchev–Trinajstić information content (AvgIpc) is 3.50. The summed E-state index contributed by atoms with van der Waals surface area (Å²) in [4.78, 5) is 14.6. The van der Waals surface area contributed by atoms with Gasteiger partial charge in [0.05, 0.1) is 0 Å². The first-order valence-corrected chi connectivity index (χ1v) is 13.3. The lowest BCUT2D eigenvalue weighted by atomic mass is 9.73. The van der Waals surface area contributed by atoms with Crippen molar-refractivity contribution < 1.29 is 0 Å². The number of hydrogen-bond acceptors (Lipinski definition) is 4. The van der Waals surface area contributed by atoms with E-state index in [-0.39, 0.29) is 5.41 Å². The molecule has 5 heterocycles. The fourth-order valence-electron chi connectivity index (χ4n) is 6.31. The molecular weight excluding hydrogens is 432 g/mol. The van der Waals surface area contributed by atoms with Crippen LogP contribution in [0.5, 0.6) is 0 Å². The maximum atomic E-state index is 5.27. The van der Waals surface area contributed by atoms with E-state index in [1.165, 1.54) is 30.5 Å². The lowest BCUT2D eigenvalue weighted by Crippen LogP contribution is -2.47. The fourth-order valence-corrected chi connectivity index (χ4v) is 6.31. The van der Waals surface area contributed by atoms with E-state index in [2.05, 4.69) is 100 Å². The molecule has 6 heteroatoms. The first-order chi connectivity index (χ1) is 16.9. The van der Waals surface area contributed by atoms with Crippen LogP contribution < -0.4 is 9.80 Å². The summed E-state index contributed by atoms with van der Waals surface area (Å²) in [5.41, 5.74) is 2.39. The summed E-state index contributed by atoms with van der Waals surface area (Å²) >= 11 is 0. The van der Waals surface area contributed by atoms with Gasteiger partial charge in [-0.3, -0.25) is 4.40 Å². The van der Waals surface area contributed by atoms with Crippen LogP contribution in [0.4, 0.5) is 11.6 Å². The van der Waals surface area contributed by atoms with Gasteiger partial charge in [-0.2, -0.15) is 0 Å². The van der Waals surface area contributed by atoms with Crippen LogP contribution >= 0.6 is 0 Å². The first-order valence-electron chi connectivity index (χ1n) is 13.3. The molecule has 2 aliphatic rings. The number of imidazole rings is 1. The van der Waals surface area contributed by atoms with Crippen molar-refractivity contribution in [3.63, 3.8) is 0 Å². The van der Waals surface area contributed by atoms with Gasteiger partial charge in [-0.25, -0.2) is 9.97 Å². The lowest BCUT2D eigenvalue weighted by molar-refractivity contribution is 0.134. The number of anilines is 2. The van der Waals surface area contributed by atoms with Gasteiger partial charge in [0, 0.05) is 56.2 Å². The van der Waals surface area contributed by atoms with Crippen LogP contribution in [0, 0.1) is 17.3 Å². The molecule has 184 valence electrons. The fraction of sp³-hybridized carbons (Fsp3) is 0.517. The topological polar surface area (TPSA) is 41.6 Å². The minimum absolute atomic E-state index is 0.244. The van der Waals surface area contributed by atoms with E-state index in [0.29, 0.717) is 12.0 Å². The molecule has 0 radical (unpaired) electrons. The molecule has 0 aromatic carbocycles. The third-order valence-corrected chi connectivity index (χ3v) is 9.07. The zero-order valence-electron chi connectivity index (χ0n) is 21.6. The van der Waals surface area contributed by atoms with Crippen LogP contribution in [0.2, 0.25) is 0 Å². The highest BCUT2D eigenvalue weighted by Gasteiger charge is 2.39. The molecule has 1 saturated heterocycles. The zero-order chi connectivity index (χ0) is 24.2. The highest BCUT2D eigenvalue weighted by Crippen LogP contribution is 2.48. The van der Waals surface area contributed by atoms with Gasteiger partial charge in [-0.05, 0) is 60.4 Å². The lowest BCUT2D eigenvalue weighted by Gasteiger charge is -2.39. The Morgan fingerprint density at radius 1 is 0.886 bits per heavy atom. The van der Waals surface area contributed by atoms with Crippen LogP contribution in [-0.2, 0) is 0 Å². The Bertz CT molecular complexity index is 1330. The predicted octanol–water partition coefficient (Wildman–Crippen LogP) is 6.03. The van der Waals surface area contributed by atoms with E-state index in [9.17, 15) is 0 Å². The number of piperazine rings is 1. The van der Waals surface area contributed by atoms with Crippen molar-refractivity contribution in [2.24, 2.45) is 17.3 Å². The van der Waals surface area contributed by atoms with Crippen molar-refractivity contribution in [2.45, 2.75) is 53.0 Å². The highest BCUT2D eigenvalue weighted by molar-refractivity contribution is 5.78. The molecular formula is C29H38N6. The number of aromatic nitrogens is 4. The molecule has 35 heavy (non-hydrogen) atoms. The maximum absolute atomic E-state index is 5.27. The van der Waals surface area contributed by atoms with E-state index in [4.69, 9.17) is 4.98 Å². The number of pyridine rings is 2. The van der Waals surface area contributed by atoms with Crippen molar-refractivity contribution in [2.75, 3.05) is 36.0 Å². The van der Waals surface area contributed by atoms with Gasteiger partial charge in [-0.15, -0.1) is 0 Å². The van der Waals surface area contributed by atoms with Crippen molar-refractivity contribution >= 4 is 28.3 Å². The third kappa shape index (κ3) is 3.87. The summed E-state index contributed by atoms with van der Waals surface area (Å²) in [6, 6.07) is 13.6. The molecule has 4 aromatic rings. The summed E-state index contributed by atoms with van der Waals surface area (Å²) in [6.07, 6.45) is 10.1. The Balaban J connectivity index is 1.26. The third-order valence-electron chi connectivity index (χ3n) is 9.07. The van der Waals surface area contributed by atoms with Gasteiger partial charge in [0.2, 0.25) is 0 Å². The minimum atomic E-state index is 0.244. The molecule has 4 aromatic heterocycles. The number of hydrogen-bond donors (Lipinski definition) is 0. The summed E-state index contributed by atoms with van der Waals surface area (Å²) in [5, 5.41) is 1.25. The van der Waals surface area contributed by atoms with Gasteiger partial charge in [0.25, 0.3) is 0 Å². The van der Waals surface area contributed by atoms with Crippen LogP contribution in [0.15, 0.2) is 55.0 Å². The minimum Gasteiger partial charge on any atom is -0.354 e. The predicted molar refractivity (Wildman–Crippen MR) is 144 cm³/mol. The van der Waals surface area contributed by atoms with Gasteiger partial charge >= 0.3 is 0 Å². The van der Waals surface area contributed by atoms with Crippen molar-refractivity contribution in [3.8, 4) is 0 Å². The van der Waals surface area contributed by atoms with Crippen LogP contribution in [0.1, 0.15) is 53.0 Å². The second-order valence-corrected chi connectivity index (χ2v) is 11.5. The number of nitrogens with zero attached hydrogens (tertiary/aromatic N) is 6. The van der Waals surface area contributed by atoms with Gasteiger partial charge in [-0.1, -0.05) is 40.2 Å². The average molecular weight is 471 g/mol. The van der Waals surface area contributed by atoms with Crippen LogP contribution in [0.25, 0.3) is 16.7 Å². The van der Waals surface area contributed by atoms with Crippen molar-refractivity contribution in [3.05, 3.63) is 55.0 Å². The molecule has 6 rings (SSSR count). The van der Waals surface area contributed by atoms with Gasteiger partial charge in [0.1, 0.15) is 22.9 Å². The number of rotatable bonds is 3. The van der Waals surface area contributed by atoms with E-state index in [1.54, 1.807) is 0 Å². The van der Waals surface area contributed by atoms with Crippen LogP contribution in [-0.4, -0.2) is 45.1 Å². The Morgan fingerprint density at radius 3 is 2.51 bits per heavy atom. The van der Waals surface area contributed by atoms with Crippen molar-refractivity contribution in [1.29, 1.82) is 0 Å². The normalized spacial score (nSPS) is 25.3. The van der Waals surface area contributed by atoms with E-state index < -0.39 is 0 Å². The monoisotopic (exact) mass is 470 g/mol. The smallest absolute Gasteiger partial charge is 0.142 e. The SMILES string of the molecule is CC1CCC(C)C(C)(C)C(n2ccc3ccc(N4CCN(c5cccc6nccn56)CC4)nc32)C1. The van der Waals surface area contributed by atoms with E-state index in [0.717, 1.165) is 49.2 Å². The largest absolute Gasteiger partial charge is 0.354 e. The second-order valence-electron chi connectivity index (χ2n) is 11.5. The van der Waals surface area contributed by atoms with E-state index in [1.807, 2.05) is 6.20 Å². The first kappa shape index (κ1) is 22.4. The second kappa shape index (κ2) is 8.58. The molecule has 2 fully saturated rings. The summed E-state index contributed by atoms with van der Waals surface area (Å²) in [5.74, 6) is 3.77. The van der Waals surface area contributed by atoms with E-state index >= 15 is 0 Å². The summed E-state index contributed by atoms with van der Waals surface area (Å²) in [7, 11) is 0. The van der Waals surface area contributed by atoms with Gasteiger partial charge < -0.3 is 14.4 Å². The highest BCUT2D eigenvalue weighted by atomic mass is 15.3. The Labute approximate surface area is 208 Å². The standard InChI is InChI=1S/C29H38N6/c1-21-8-9-22(2)29(3,4)24(20-21)34-14-12-23-10-11-26(31-28(23)34)32-16-18-33(19-17-32)27-7-5-6-25-30-13-15-35(25)27/h5-7,10-15,21-22,24H,8-9,16-20H2,1-4H3. The molecule has 0 spiro atoms. The summed E-state index contributed by atoms with van der Waals surface area (Å²) in [6.45, 7) is 13.7. The molecule has 1 aliphatic carbocycles. The van der Waals surface area contributed by atoms with Gasteiger partial charge in [0.15, 0.2) is 0 Å². The molecule has 0 amide bonds. The Morgan fingerprint density at radius 2 is 1.69 bits per heavy atom. The van der Waals surface area contributed by atoms with Crippen molar-refractivity contribution in [1.82, 2.24) is 18.9 Å². The Hall–Kier alpha value is -3.02. The molecule has 3 atom stereocenters. The maximum Gasteiger partial charge on any atom is 0.142 e. The molecule has 0 bridgehead atoms. The summed E-state index contributed by atoms with van der Waals surface area (Å²) < 4.78 is 4.69. The zero-order valence-corrected chi connectivity index (χ0v) is 21.6. The molecule has 1 aliphatic heterocycles. The number of fused-ring (bicyclic) bond motifs is 2. The quantitative estimate of drug-likeness (QED) is 0.343. The Kier molecular flexibility index (Phi) is 5.50.